The molecule has 5 heteroatoms. The van der Waals surface area contributed by atoms with Gasteiger partial charge in [-0.3, -0.25) is 4.79 Å². The van der Waals surface area contributed by atoms with Crippen LogP contribution in [0.3, 0.4) is 0 Å². The van der Waals surface area contributed by atoms with E-state index in [2.05, 4.69) is 16.6 Å². The zero-order chi connectivity index (χ0) is 19.6. The van der Waals surface area contributed by atoms with E-state index in [0.717, 1.165) is 0 Å². The summed E-state index contributed by atoms with van der Waals surface area (Å²) in [6.07, 6.45) is 13.7. The first-order valence-electron chi connectivity index (χ1n) is 8.77. The van der Waals surface area contributed by atoms with Crippen LogP contribution in [-0.4, -0.2) is 46.7 Å². The van der Waals surface area contributed by atoms with Crippen LogP contribution in [0, 0.1) is 11.8 Å². The van der Waals surface area contributed by atoms with E-state index in [1.54, 1.807) is 30.4 Å². The molecule has 0 aliphatic carbocycles. The van der Waals surface area contributed by atoms with Crippen molar-refractivity contribution in [2.24, 2.45) is 0 Å². The smallest absolute Gasteiger partial charge is 0.305 e. The summed E-state index contributed by atoms with van der Waals surface area (Å²) >= 11 is 0. The van der Waals surface area contributed by atoms with Gasteiger partial charge < -0.3 is 20.1 Å². The molecule has 3 unspecified atom stereocenters. The van der Waals surface area contributed by atoms with Crippen molar-refractivity contribution in [3.05, 3.63) is 48.6 Å². The van der Waals surface area contributed by atoms with E-state index in [1.807, 2.05) is 19.1 Å². The van der Waals surface area contributed by atoms with Crippen molar-refractivity contribution in [3.8, 4) is 11.8 Å². The van der Waals surface area contributed by atoms with Crippen molar-refractivity contribution in [3.63, 3.8) is 0 Å². The number of carbonyl (C=O) groups excluding carboxylic acids is 1. The van der Waals surface area contributed by atoms with Crippen LogP contribution in [-0.2, 0) is 9.53 Å². The molecule has 0 aromatic carbocycles. The predicted molar refractivity (Wildman–Crippen MR) is 103 cm³/mol. The van der Waals surface area contributed by atoms with Crippen molar-refractivity contribution in [2.45, 2.75) is 57.3 Å². The van der Waals surface area contributed by atoms with Crippen LogP contribution in [0.25, 0.3) is 0 Å². The lowest BCUT2D eigenvalue weighted by Gasteiger charge is -2.13. The zero-order valence-electron chi connectivity index (χ0n) is 15.5. The molecule has 0 rings (SSSR count). The van der Waals surface area contributed by atoms with Crippen LogP contribution >= 0.6 is 0 Å². The van der Waals surface area contributed by atoms with E-state index in [4.69, 9.17) is 0 Å². The Morgan fingerprint density at radius 1 is 1.12 bits per heavy atom. The molecule has 0 spiro atoms. The normalized spacial score (nSPS) is 15.4. The number of aliphatic hydroxyl groups excluding tert-OH is 3. The quantitative estimate of drug-likeness (QED) is 0.299. The van der Waals surface area contributed by atoms with E-state index in [-0.39, 0.29) is 12.4 Å². The number of carbonyl (C=O) groups is 1. The fraction of sp³-hybridized carbons (Fsp3) is 0.476. The molecule has 0 saturated carbocycles. The lowest BCUT2D eigenvalue weighted by atomic mass is 10.1. The van der Waals surface area contributed by atoms with Gasteiger partial charge in [0, 0.05) is 12.8 Å². The molecule has 0 fully saturated rings. The number of rotatable bonds is 11. The van der Waals surface area contributed by atoms with Crippen LogP contribution in [0.4, 0.5) is 0 Å². The van der Waals surface area contributed by atoms with Crippen molar-refractivity contribution >= 4 is 5.97 Å². The fourth-order valence-corrected chi connectivity index (χ4v) is 1.78. The summed E-state index contributed by atoms with van der Waals surface area (Å²) in [7, 11) is 1.32. The third-order valence-electron chi connectivity index (χ3n) is 3.42. The first-order valence-corrected chi connectivity index (χ1v) is 8.77. The van der Waals surface area contributed by atoms with Gasteiger partial charge in [-0.05, 0) is 31.4 Å². The second-order valence-corrected chi connectivity index (χ2v) is 5.58. The molecule has 5 nitrogen and oxygen atoms in total. The number of methoxy groups -OCH3 is 1. The number of allylic oxidation sites excluding steroid dienone is 6. The van der Waals surface area contributed by atoms with Crippen LogP contribution in [0.15, 0.2) is 48.6 Å². The molecule has 0 aromatic heterocycles. The van der Waals surface area contributed by atoms with E-state index in [0.29, 0.717) is 25.7 Å². The molecule has 3 N–H and O–H groups in total. The van der Waals surface area contributed by atoms with Gasteiger partial charge in [-0.2, -0.15) is 0 Å². The highest BCUT2D eigenvalue weighted by molar-refractivity contribution is 5.68. The Morgan fingerprint density at radius 2 is 1.85 bits per heavy atom. The Morgan fingerprint density at radius 3 is 2.54 bits per heavy atom. The van der Waals surface area contributed by atoms with Gasteiger partial charge in [0.05, 0.1) is 25.4 Å². The molecule has 144 valence electrons. The lowest BCUT2D eigenvalue weighted by Crippen LogP contribution is -2.23. The highest BCUT2D eigenvalue weighted by atomic mass is 16.5. The molecular weight excluding hydrogens is 332 g/mol. The average Bonchev–Trinajstić information content (AvgIpc) is 2.65. The molecule has 26 heavy (non-hydrogen) atoms. The van der Waals surface area contributed by atoms with Crippen molar-refractivity contribution in [1.82, 2.24) is 0 Å². The van der Waals surface area contributed by atoms with Gasteiger partial charge in [0.1, 0.15) is 0 Å². The number of esters is 1. The molecular formula is C21H30O5. The largest absolute Gasteiger partial charge is 0.469 e. The highest BCUT2D eigenvalue weighted by Crippen LogP contribution is 2.07. The van der Waals surface area contributed by atoms with Gasteiger partial charge in [0.15, 0.2) is 0 Å². The second kappa shape index (κ2) is 16.3. The van der Waals surface area contributed by atoms with Crippen molar-refractivity contribution in [2.75, 3.05) is 7.11 Å². The molecule has 0 bridgehead atoms. The van der Waals surface area contributed by atoms with Crippen LogP contribution in [0.2, 0.25) is 0 Å². The number of aliphatic hydroxyl groups is 3. The van der Waals surface area contributed by atoms with E-state index in [1.165, 1.54) is 13.2 Å². The van der Waals surface area contributed by atoms with Crippen LogP contribution < -0.4 is 0 Å². The minimum atomic E-state index is -0.975. The molecule has 0 saturated heterocycles. The highest BCUT2D eigenvalue weighted by Gasteiger charge is 2.13. The van der Waals surface area contributed by atoms with E-state index < -0.39 is 18.3 Å². The Balaban J connectivity index is 3.99. The van der Waals surface area contributed by atoms with Gasteiger partial charge in [-0.15, -0.1) is 0 Å². The SMILES string of the molecule is CCC(O)C=CC#CCC=CC=CC=CC(O)C(O)CCCC(=O)OC. The Kier molecular flexibility index (Phi) is 15.0. The van der Waals surface area contributed by atoms with Gasteiger partial charge in [-0.1, -0.05) is 55.2 Å². The minimum absolute atomic E-state index is 0.229. The zero-order valence-corrected chi connectivity index (χ0v) is 15.5. The molecule has 0 aliphatic rings. The summed E-state index contributed by atoms with van der Waals surface area (Å²) in [4.78, 5) is 11.0. The standard InChI is InChI=1S/C21H30O5/c1-3-18(22)14-11-9-7-5-4-6-8-10-12-15-19(23)20(24)16-13-17-21(25)26-2/h4,6,8,10-12,14-15,18-20,22-24H,3,5,13,16-17H2,1-2H3. The Hall–Kier alpha value is -2.13. The first-order chi connectivity index (χ1) is 12.5. The van der Waals surface area contributed by atoms with Gasteiger partial charge in [0.2, 0.25) is 0 Å². The van der Waals surface area contributed by atoms with Gasteiger partial charge in [-0.25, -0.2) is 0 Å². The third kappa shape index (κ3) is 14.2. The molecule has 0 aliphatic heterocycles. The van der Waals surface area contributed by atoms with Gasteiger partial charge >= 0.3 is 5.97 Å². The van der Waals surface area contributed by atoms with Crippen molar-refractivity contribution < 1.29 is 24.9 Å². The van der Waals surface area contributed by atoms with Crippen molar-refractivity contribution in [1.29, 1.82) is 0 Å². The number of hydrogen-bond donors (Lipinski definition) is 3. The topological polar surface area (TPSA) is 87.0 Å². The second-order valence-electron chi connectivity index (χ2n) is 5.58. The number of ether oxygens (including phenoxy) is 1. The van der Waals surface area contributed by atoms with Crippen LogP contribution in [0.5, 0.6) is 0 Å². The molecule has 0 heterocycles. The maximum Gasteiger partial charge on any atom is 0.305 e. The van der Waals surface area contributed by atoms with Gasteiger partial charge in [0.25, 0.3) is 0 Å². The molecule has 0 radical (unpaired) electrons. The van der Waals surface area contributed by atoms with Crippen LogP contribution in [0.1, 0.15) is 39.0 Å². The fourth-order valence-electron chi connectivity index (χ4n) is 1.78. The first kappa shape index (κ1) is 23.9. The van der Waals surface area contributed by atoms with E-state index in [9.17, 15) is 20.1 Å². The minimum Gasteiger partial charge on any atom is -0.469 e. The molecule has 3 atom stereocenters. The maximum atomic E-state index is 11.0. The summed E-state index contributed by atoms with van der Waals surface area (Å²) in [5.74, 6) is 5.44. The summed E-state index contributed by atoms with van der Waals surface area (Å²) in [5, 5.41) is 28.8. The van der Waals surface area contributed by atoms with E-state index >= 15 is 0 Å². The summed E-state index contributed by atoms with van der Waals surface area (Å²) in [6, 6.07) is 0. The third-order valence-corrected chi connectivity index (χ3v) is 3.42. The Bertz CT molecular complexity index is 548. The monoisotopic (exact) mass is 362 g/mol. The average molecular weight is 362 g/mol. The lowest BCUT2D eigenvalue weighted by molar-refractivity contribution is -0.140. The summed E-state index contributed by atoms with van der Waals surface area (Å²) in [6.45, 7) is 1.90. The maximum absolute atomic E-state index is 11.0. The Labute approximate surface area is 156 Å². The summed E-state index contributed by atoms with van der Waals surface area (Å²) in [5.41, 5.74) is 0. The molecule has 0 amide bonds. The predicted octanol–water partition coefficient (Wildman–Crippen LogP) is 2.44. The molecule has 0 aromatic rings. The number of hydrogen-bond acceptors (Lipinski definition) is 5. The summed E-state index contributed by atoms with van der Waals surface area (Å²) < 4.78 is 4.51.